The zero-order valence-electron chi connectivity index (χ0n) is 21.6. The van der Waals surface area contributed by atoms with E-state index < -0.39 is 0 Å². The fraction of sp³-hybridized carbons (Fsp3) is 0.481. The van der Waals surface area contributed by atoms with Gasteiger partial charge in [0.2, 0.25) is 0 Å². The predicted octanol–water partition coefficient (Wildman–Crippen LogP) is 5.29. The van der Waals surface area contributed by atoms with Crippen molar-refractivity contribution in [3.63, 3.8) is 0 Å². The maximum atomic E-state index is 5.78. The molecule has 3 aromatic heterocycles. The van der Waals surface area contributed by atoms with Crippen LogP contribution in [0.3, 0.4) is 0 Å². The number of methoxy groups -OCH3 is 1. The molecule has 0 saturated heterocycles. The van der Waals surface area contributed by atoms with E-state index in [4.69, 9.17) is 14.9 Å². The molecule has 0 amide bonds. The quantitative estimate of drug-likeness (QED) is 0.369. The number of aromatic nitrogens is 5. The molecule has 1 aromatic carbocycles. The minimum Gasteiger partial charge on any atom is -0.496 e. The molecule has 36 heavy (non-hydrogen) atoms. The van der Waals surface area contributed by atoms with Crippen LogP contribution in [0.2, 0.25) is 0 Å². The summed E-state index contributed by atoms with van der Waals surface area (Å²) >= 11 is 1.60. The van der Waals surface area contributed by atoms with Gasteiger partial charge in [-0.25, -0.2) is 4.98 Å². The van der Waals surface area contributed by atoms with Crippen LogP contribution in [0.1, 0.15) is 46.0 Å². The van der Waals surface area contributed by atoms with Gasteiger partial charge in [-0.2, -0.15) is 5.10 Å². The summed E-state index contributed by atoms with van der Waals surface area (Å²) in [4.78, 5) is 7.05. The van der Waals surface area contributed by atoms with Gasteiger partial charge in [-0.15, -0.1) is 21.5 Å². The van der Waals surface area contributed by atoms with Gasteiger partial charge in [-0.1, -0.05) is 6.92 Å². The molecule has 3 aliphatic rings. The van der Waals surface area contributed by atoms with E-state index in [1.54, 1.807) is 24.6 Å². The third-order valence-corrected chi connectivity index (χ3v) is 9.53. The number of aromatic amines is 1. The third-order valence-electron chi connectivity index (χ3n) is 8.67. The minimum atomic E-state index is 0.111. The lowest BCUT2D eigenvalue weighted by Crippen LogP contribution is -2.62. The number of ether oxygens (including phenoxy) is 1. The molecule has 0 unspecified atom stereocenters. The number of hydrogen-bond acceptors (Lipinski definition) is 8. The fourth-order valence-electron chi connectivity index (χ4n) is 6.71. The SMILES string of the molecule is CN[C@@]1(C)CCC2(C)CC(N(C)c3ccc(-c4cc(OC)c(-c5cn[nH]c5)c5ncsc45)nn3)(C2)C1. The Hall–Kier alpha value is -3.04. The van der Waals surface area contributed by atoms with Crippen molar-refractivity contribution >= 4 is 27.4 Å². The molecule has 9 heteroatoms. The number of fused-ring (bicyclic) bond motifs is 4. The smallest absolute Gasteiger partial charge is 0.151 e. The van der Waals surface area contributed by atoms with Crippen LogP contribution in [0, 0.1) is 5.41 Å². The molecule has 2 bridgehead atoms. The maximum absolute atomic E-state index is 5.78. The Balaban J connectivity index is 1.35. The molecule has 0 radical (unpaired) electrons. The minimum absolute atomic E-state index is 0.111. The largest absolute Gasteiger partial charge is 0.496 e. The lowest BCUT2D eigenvalue weighted by molar-refractivity contribution is 0.0428. The molecule has 1 atom stereocenters. The van der Waals surface area contributed by atoms with Crippen LogP contribution in [-0.4, -0.2) is 57.7 Å². The standard InChI is InChI=1S/C27H33N7OS/c1-25-8-9-26(2,28-3)15-27(13-25,14-25)34(4)21-7-6-19(32-33-21)18-10-20(35-5)22(17-11-30-31-12-17)23-24(18)36-16-29-23/h6-7,10-12,16,28H,8-9,13-15H2,1-5H3,(H,30,31)/t25?,26-,27?/m0/s1. The summed E-state index contributed by atoms with van der Waals surface area (Å²) in [6.45, 7) is 4.80. The lowest BCUT2D eigenvalue weighted by Gasteiger charge is -2.58. The number of thiazole rings is 1. The molecule has 4 aromatic rings. The number of H-pyrrole nitrogens is 1. The molecule has 188 valence electrons. The highest BCUT2D eigenvalue weighted by Gasteiger charge is 2.59. The van der Waals surface area contributed by atoms with E-state index in [0.29, 0.717) is 5.41 Å². The summed E-state index contributed by atoms with van der Waals surface area (Å²) in [7, 11) is 5.97. The van der Waals surface area contributed by atoms with Crippen LogP contribution in [-0.2, 0) is 0 Å². The lowest BCUT2D eigenvalue weighted by atomic mass is 9.56. The van der Waals surface area contributed by atoms with Gasteiger partial charge in [0.1, 0.15) is 5.75 Å². The van der Waals surface area contributed by atoms with Crippen molar-refractivity contribution in [2.75, 3.05) is 26.1 Å². The Morgan fingerprint density at radius 2 is 1.97 bits per heavy atom. The van der Waals surface area contributed by atoms with E-state index in [1.165, 1.54) is 25.7 Å². The molecule has 3 heterocycles. The highest BCUT2D eigenvalue weighted by atomic mass is 32.1. The van der Waals surface area contributed by atoms with Crippen LogP contribution in [0.25, 0.3) is 32.6 Å². The summed E-state index contributed by atoms with van der Waals surface area (Å²) in [5.74, 6) is 1.66. The molecule has 8 nitrogen and oxygen atoms in total. The van der Waals surface area contributed by atoms with Gasteiger partial charge in [0.15, 0.2) is 5.82 Å². The summed E-state index contributed by atoms with van der Waals surface area (Å²) in [5, 5.41) is 20.0. The number of hydrogen-bond donors (Lipinski definition) is 2. The summed E-state index contributed by atoms with van der Waals surface area (Å²) in [5.41, 5.74) is 7.09. The van der Waals surface area contributed by atoms with Crippen molar-refractivity contribution in [2.24, 2.45) is 5.41 Å². The first-order chi connectivity index (χ1) is 17.3. The zero-order valence-corrected chi connectivity index (χ0v) is 22.4. The Morgan fingerprint density at radius 3 is 2.64 bits per heavy atom. The maximum Gasteiger partial charge on any atom is 0.151 e. The molecule has 0 spiro atoms. The molecule has 3 fully saturated rings. The van der Waals surface area contributed by atoms with Crippen molar-refractivity contribution in [1.82, 2.24) is 30.7 Å². The van der Waals surface area contributed by atoms with Gasteiger partial charge in [-0.3, -0.25) is 5.10 Å². The summed E-state index contributed by atoms with van der Waals surface area (Å²) < 4.78 is 6.84. The van der Waals surface area contributed by atoms with E-state index in [1.807, 2.05) is 17.8 Å². The van der Waals surface area contributed by atoms with Crippen LogP contribution in [0.15, 0.2) is 36.1 Å². The molecule has 0 aliphatic heterocycles. The van der Waals surface area contributed by atoms with Gasteiger partial charge >= 0.3 is 0 Å². The molecule has 7 rings (SSSR count). The van der Waals surface area contributed by atoms with Crippen molar-refractivity contribution in [2.45, 2.75) is 57.0 Å². The summed E-state index contributed by atoms with van der Waals surface area (Å²) in [6, 6.07) is 6.22. The second-order valence-electron chi connectivity index (χ2n) is 11.2. The highest BCUT2D eigenvalue weighted by molar-refractivity contribution is 7.17. The molecular weight excluding hydrogens is 470 g/mol. The molecule has 3 aliphatic carbocycles. The van der Waals surface area contributed by atoms with Gasteiger partial charge in [0.25, 0.3) is 0 Å². The number of anilines is 1. The second-order valence-corrected chi connectivity index (χ2v) is 12.1. The van der Waals surface area contributed by atoms with Gasteiger partial charge < -0.3 is 15.0 Å². The predicted molar refractivity (Wildman–Crippen MR) is 145 cm³/mol. The number of benzene rings is 1. The first-order valence-corrected chi connectivity index (χ1v) is 13.4. The Morgan fingerprint density at radius 1 is 1.14 bits per heavy atom. The third kappa shape index (κ3) is 3.59. The van der Waals surface area contributed by atoms with E-state index >= 15 is 0 Å². The van der Waals surface area contributed by atoms with Gasteiger partial charge in [0, 0.05) is 35.4 Å². The van der Waals surface area contributed by atoms with Crippen molar-refractivity contribution < 1.29 is 4.74 Å². The summed E-state index contributed by atoms with van der Waals surface area (Å²) in [6.07, 6.45) is 9.64. The normalized spacial score (nSPS) is 27.5. The average molecular weight is 504 g/mol. The Bertz CT molecular complexity index is 1390. The van der Waals surface area contributed by atoms with Gasteiger partial charge in [-0.05, 0) is 69.7 Å². The first kappa shape index (κ1) is 23.4. The number of rotatable bonds is 6. The van der Waals surface area contributed by atoms with Crippen molar-refractivity contribution in [3.8, 4) is 28.1 Å². The Kier molecular flexibility index (Phi) is 5.35. The fourth-order valence-corrected chi connectivity index (χ4v) is 7.53. The second kappa shape index (κ2) is 8.24. The first-order valence-electron chi connectivity index (χ1n) is 12.5. The number of nitrogens with one attached hydrogen (secondary N) is 2. The molecule has 2 N–H and O–H groups in total. The molecular formula is C27H33N7OS. The Labute approximate surface area is 215 Å². The van der Waals surface area contributed by atoms with Crippen LogP contribution in [0.5, 0.6) is 5.75 Å². The van der Waals surface area contributed by atoms with Crippen LogP contribution >= 0.6 is 11.3 Å². The topological polar surface area (TPSA) is 91.8 Å². The highest BCUT2D eigenvalue weighted by Crippen LogP contribution is 2.60. The van der Waals surface area contributed by atoms with Gasteiger partial charge in [0.05, 0.1) is 40.3 Å². The molecule has 3 saturated carbocycles. The number of nitrogens with zero attached hydrogens (tertiary/aromatic N) is 5. The van der Waals surface area contributed by atoms with Crippen molar-refractivity contribution in [3.05, 3.63) is 36.1 Å². The average Bonchev–Trinajstić information content (AvgIpc) is 3.54. The zero-order chi connectivity index (χ0) is 25.1. The van der Waals surface area contributed by atoms with E-state index in [0.717, 1.165) is 50.6 Å². The van der Waals surface area contributed by atoms with E-state index in [2.05, 4.69) is 65.5 Å². The van der Waals surface area contributed by atoms with Crippen LogP contribution in [0.4, 0.5) is 5.82 Å². The van der Waals surface area contributed by atoms with Crippen molar-refractivity contribution in [1.29, 1.82) is 0 Å². The monoisotopic (exact) mass is 503 g/mol. The van der Waals surface area contributed by atoms with E-state index in [-0.39, 0.29) is 11.1 Å². The van der Waals surface area contributed by atoms with Crippen LogP contribution < -0.4 is 15.0 Å². The van der Waals surface area contributed by atoms with E-state index in [9.17, 15) is 0 Å².